The summed E-state index contributed by atoms with van der Waals surface area (Å²) in [5.74, 6) is 0. The largest absolute Gasteiger partial charge is 5.00 e. The molecular formula is C69H65N10OTa. The fraction of sp³-hybridized carbons (Fsp3) is 0.0725. The van der Waals surface area contributed by atoms with Crippen LogP contribution in [0.3, 0.4) is 0 Å². The second kappa shape index (κ2) is 39.7. The Labute approximate surface area is 494 Å². The van der Waals surface area contributed by atoms with Crippen molar-refractivity contribution in [3.05, 3.63) is 330 Å². The fourth-order valence-electron chi connectivity index (χ4n) is 6.73. The molecule has 0 atom stereocenters. The first-order valence-electron chi connectivity index (χ1n) is 26.2. The van der Waals surface area contributed by atoms with E-state index in [-0.39, 0.29) is 22.4 Å². The maximum Gasteiger partial charge on any atom is 5.00 e. The van der Waals surface area contributed by atoms with Crippen LogP contribution in [0.25, 0.3) is 26.6 Å². The van der Waals surface area contributed by atoms with Gasteiger partial charge in [-0.15, -0.1) is 17.7 Å². The zero-order valence-corrected chi connectivity index (χ0v) is 48.7. The molecule has 0 saturated heterocycles. The molecule has 81 heavy (non-hydrogen) atoms. The quantitative estimate of drug-likeness (QED) is 0.0589. The summed E-state index contributed by atoms with van der Waals surface area (Å²) in [5, 5.41) is 22.5. The van der Waals surface area contributed by atoms with E-state index in [2.05, 4.69) is 35.9 Å². The molecule has 0 N–H and O–H groups in total. The van der Waals surface area contributed by atoms with Gasteiger partial charge in [0.05, 0.1) is 12.0 Å². The van der Waals surface area contributed by atoms with Gasteiger partial charge in [0.25, 0.3) is 0 Å². The third kappa shape index (κ3) is 26.5. The molecule has 0 heterocycles. The minimum Gasteiger partial charge on any atom is -0.680 e. The summed E-state index contributed by atoms with van der Waals surface area (Å²) in [4.78, 5) is 19.3. The van der Waals surface area contributed by atoms with Crippen LogP contribution in [0.1, 0.15) is 13.8 Å². The van der Waals surface area contributed by atoms with Gasteiger partial charge in [-0.2, -0.15) is 0 Å². The maximum atomic E-state index is 4.91. The van der Waals surface area contributed by atoms with Gasteiger partial charge in [0, 0.05) is 18.9 Å². The summed E-state index contributed by atoms with van der Waals surface area (Å²) in [5.41, 5.74) is 9.03. The monoisotopic (exact) mass is 1230 g/mol. The van der Waals surface area contributed by atoms with Crippen LogP contribution >= 0.6 is 0 Å². The van der Waals surface area contributed by atoms with Crippen molar-refractivity contribution in [3.63, 3.8) is 0 Å². The summed E-state index contributed by atoms with van der Waals surface area (Å²) >= 11 is 0. The topological polar surface area (TPSA) is 132 Å². The van der Waals surface area contributed by atoms with Gasteiger partial charge in [0.15, 0.2) is 0 Å². The third-order valence-electron chi connectivity index (χ3n) is 10.6. The van der Waals surface area contributed by atoms with Crippen LogP contribution in [-0.4, -0.2) is 44.9 Å². The molecule has 11 nitrogen and oxygen atoms in total. The normalized spacial score (nSPS) is 10.3. The van der Waals surface area contributed by atoms with Crippen LogP contribution in [0.2, 0.25) is 0 Å². The Hall–Kier alpha value is -9.62. The zero-order chi connectivity index (χ0) is 55.6. The van der Waals surface area contributed by atoms with Gasteiger partial charge in [0.1, 0.15) is 0 Å². The number of benzene rings is 10. The van der Waals surface area contributed by atoms with Crippen molar-refractivity contribution in [3.8, 4) is 0 Å². The van der Waals surface area contributed by atoms with E-state index in [1.54, 1.807) is 25.4 Å². The molecule has 10 aromatic rings. The Bertz CT molecular complexity index is 2960. The van der Waals surface area contributed by atoms with E-state index in [1.165, 1.54) is 0 Å². The van der Waals surface area contributed by atoms with E-state index in [0.29, 0.717) is 0 Å². The summed E-state index contributed by atoms with van der Waals surface area (Å²) in [6.07, 6.45) is 6.01. The number of ether oxygens (including phenoxy) is 1. The average molecular weight is 1230 g/mol. The third-order valence-corrected chi connectivity index (χ3v) is 10.6. The Morgan fingerprint density at radius 3 is 0.815 bits per heavy atom. The van der Waals surface area contributed by atoms with Gasteiger partial charge in [0.2, 0.25) is 0 Å². The van der Waals surface area contributed by atoms with Gasteiger partial charge in [-0.25, -0.2) is 4.99 Å². The Balaban J connectivity index is 0.000000202. The predicted octanol–water partition coefficient (Wildman–Crippen LogP) is 20.7. The van der Waals surface area contributed by atoms with Gasteiger partial charge in [-0.1, -0.05) is 298 Å². The van der Waals surface area contributed by atoms with Gasteiger partial charge in [-0.3, -0.25) is 0 Å². The number of aliphatic imine (C=N–C) groups is 4. The van der Waals surface area contributed by atoms with Crippen molar-refractivity contribution in [2.75, 3.05) is 18.1 Å². The predicted molar refractivity (Wildman–Crippen MR) is 341 cm³/mol. The second-order valence-electron chi connectivity index (χ2n) is 16.5. The zero-order valence-electron chi connectivity index (χ0n) is 45.5. The molecule has 0 spiro atoms. The van der Waals surface area contributed by atoms with E-state index in [9.17, 15) is 0 Å². The first-order valence-corrected chi connectivity index (χ1v) is 26.2. The van der Waals surface area contributed by atoms with Crippen molar-refractivity contribution in [2.45, 2.75) is 20.1 Å². The number of hydrogen-bond donors (Lipinski definition) is 0. The standard InChI is InChI=1S/C26H22N4.3C13H11N2.C4H10O.Ta/c1-5-13-22(14-6-1)27-21-30(25-19-11-4-12-20-25)26(28-23-15-7-2-8-16-23)29-24-17-9-3-10-18-24;3*1-3-7-12(8-4-1)14-11-15-13-9-5-2-6-10-13;1-3-5-4-2;/h1-21,26H;3*1-11H;3-4H2,1-2H3;/q-2;3*-1;;+5. The molecule has 0 bridgehead atoms. The van der Waals surface area contributed by atoms with Crippen molar-refractivity contribution in [2.24, 2.45) is 20.0 Å². The fourth-order valence-corrected chi connectivity index (χ4v) is 6.73. The summed E-state index contributed by atoms with van der Waals surface area (Å²) < 4.78 is 4.83. The van der Waals surface area contributed by atoms with Crippen LogP contribution in [-0.2, 0) is 27.1 Å². The molecule has 0 amide bonds. The molecule has 0 aliphatic heterocycles. The molecule has 10 rings (SSSR count). The van der Waals surface area contributed by atoms with E-state index < -0.39 is 6.29 Å². The first kappa shape index (κ1) is 62.2. The van der Waals surface area contributed by atoms with E-state index in [4.69, 9.17) is 15.4 Å². The number of anilines is 1. The SMILES string of the molecule is C(=Nc1ccccc1)N(c1ccccc1)C([N-]c1ccccc1)[N-]c1ccccc1.C(=Nc1ccccc1)[N-]c1ccccc1.C(=Nc1ccccc1)[N-]c1ccccc1.C(=Nc1ccccc1)[N-]c1ccccc1.CCOCC.[Ta+5]. The van der Waals surface area contributed by atoms with Gasteiger partial charge in [-0.05, 0) is 72.2 Å². The molecule has 0 saturated carbocycles. The van der Waals surface area contributed by atoms with E-state index >= 15 is 0 Å². The molecule has 0 fully saturated rings. The molecule has 0 unspecified atom stereocenters. The minimum absolute atomic E-state index is 0. The van der Waals surface area contributed by atoms with Crippen LogP contribution in [0.4, 0.5) is 56.9 Å². The number of hydrogen-bond acceptors (Lipinski definition) is 5. The number of rotatable bonds is 19. The smallest absolute Gasteiger partial charge is 0.680 e. The Kier molecular flexibility index (Phi) is 30.5. The second-order valence-corrected chi connectivity index (χ2v) is 16.5. The summed E-state index contributed by atoms with van der Waals surface area (Å²) in [6, 6.07) is 98.2. The van der Waals surface area contributed by atoms with E-state index in [0.717, 1.165) is 70.1 Å². The van der Waals surface area contributed by atoms with Crippen LogP contribution < -0.4 is 4.90 Å². The van der Waals surface area contributed by atoms with Crippen LogP contribution in [0, 0.1) is 0 Å². The average Bonchev–Trinajstić information content (AvgIpc) is 3.53. The first-order chi connectivity index (χ1) is 39.6. The van der Waals surface area contributed by atoms with Gasteiger partial charge < -0.3 is 51.2 Å². The molecular weight excluding hydrogens is 1170 g/mol. The summed E-state index contributed by atoms with van der Waals surface area (Å²) in [6.45, 7) is 5.67. The Morgan fingerprint density at radius 1 is 0.321 bits per heavy atom. The molecule has 0 aliphatic rings. The van der Waals surface area contributed by atoms with Crippen molar-refractivity contribution >= 4 is 82.2 Å². The Morgan fingerprint density at radius 2 is 0.556 bits per heavy atom. The molecule has 10 aromatic carbocycles. The van der Waals surface area contributed by atoms with Crippen LogP contribution in [0.15, 0.2) is 323 Å². The van der Waals surface area contributed by atoms with Crippen molar-refractivity contribution in [1.82, 2.24) is 0 Å². The number of nitrogens with zero attached hydrogens (tertiary/aromatic N) is 10. The molecule has 0 aliphatic carbocycles. The summed E-state index contributed by atoms with van der Waals surface area (Å²) in [7, 11) is 0. The minimum atomic E-state index is -0.510. The molecule has 402 valence electrons. The molecule has 12 heteroatoms. The van der Waals surface area contributed by atoms with E-state index in [1.807, 2.05) is 322 Å². The van der Waals surface area contributed by atoms with Gasteiger partial charge >= 0.3 is 22.4 Å². The molecule has 0 aromatic heterocycles. The van der Waals surface area contributed by atoms with Crippen molar-refractivity contribution in [1.29, 1.82) is 0 Å². The number of para-hydroxylation sites is 10. The van der Waals surface area contributed by atoms with Crippen LogP contribution in [0.5, 0.6) is 0 Å². The molecule has 0 radical (unpaired) electrons. The van der Waals surface area contributed by atoms with Crippen molar-refractivity contribution < 1.29 is 27.1 Å². The maximum absolute atomic E-state index is 4.91.